The van der Waals surface area contributed by atoms with Crippen LogP contribution >= 0.6 is 11.3 Å². The second kappa shape index (κ2) is 8.32. The molecule has 2 aromatic rings. The quantitative estimate of drug-likeness (QED) is 0.626. The second-order valence-corrected chi connectivity index (χ2v) is 8.87. The van der Waals surface area contributed by atoms with E-state index >= 15 is 0 Å². The zero-order valence-corrected chi connectivity index (χ0v) is 16.5. The summed E-state index contributed by atoms with van der Waals surface area (Å²) in [5.41, 5.74) is 6.90. The molecule has 1 heterocycles. The molecule has 2 bridgehead atoms. The van der Waals surface area contributed by atoms with Crippen molar-refractivity contribution in [3.05, 3.63) is 47.3 Å². The summed E-state index contributed by atoms with van der Waals surface area (Å²) < 4.78 is 0. The summed E-state index contributed by atoms with van der Waals surface area (Å²) in [5, 5.41) is 9.45. The highest BCUT2D eigenvalue weighted by Gasteiger charge is 2.40. The molecule has 0 saturated heterocycles. The monoisotopic (exact) mass is 398 g/mol. The van der Waals surface area contributed by atoms with Gasteiger partial charge in [-0.1, -0.05) is 24.6 Å². The van der Waals surface area contributed by atoms with E-state index in [9.17, 15) is 9.59 Å². The van der Waals surface area contributed by atoms with Gasteiger partial charge in [0.1, 0.15) is 0 Å². The third-order valence-electron chi connectivity index (χ3n) is 5.77. The summed E-state index contributed by atoms with van der Waals surface area (Å²) in [6.45, 7) is 0. The van der Waals surface area contributed by atoms with E-state index in [0.29, 0.717) is 21.7 Å². The predicted molar refractivity (Wildman–Crippen MR) is 113 cm³/mol. The van der Waals surface area contributed by atoms with E-state index in [0.717, 1.165) is 31.4 Å². The fourth-order valence-electron chi connectivity index (χ4n) is 4.57. The highest BCUT2D eigenvalue weighted by atomic mass is 32.1. The van der Waals surface area contributed by atoms with Crippen LogP contribution in [0.5, 0.6) is 0 Å². The molecule has 2 aliphatic rings. The Hall–Kier alpha value is -2.38. The molecular weight excluding hydrogens is 372 g/mol. The van der Waals surface area contributed by atoms with Crippen LogP contribution in [0.4, 0.5) is 15.5 Å². The van der Waals surface area contributed by atoms with Gasteiger partial charge in [0.05, 0.1) is 9.88 Å². The minimum Gasteiger partial charge on any atom is -0.348 e. The smallest absolute Gasteiger partial charge is 0.324 e. The molecule has 148 valence electrons. The van der Waals surface area contributed by atoms with Crippen LogP contribution in [0, 0.1) is 11.8 Å². The number of fused-ring (bicyclic) bond motifs is 2. The number of carbonyl (C=O) groups is 2. The van der Waals surface area contributed by atoms with Crippen molar-refractivity contribution >= 4 is 34.0 Å². The average molecular weight is 399 g/mol. The van der Waals surface area contributed by atoms with Crippen molar-refractivity contribution in [1.82, 2.24) is 5.32 Å². The maximum absolute atomic E-state index is 12.8. The third-order valence-corrected chi connectivity index (χ3v) is 6.77. The first-order valence-electron chi connectivity index (χ1n) is 9.88. The van der Waals surface area contributed by atoms with E-state index in [-0.39, 0.29) is 24.0 Å². The largest absolute Gasteiger partial charge is 0.348 e. The van der Waals surface area contributed by atoms with Gasteiger partial charge in [-0.2, -0.15) is 0 Å². The van der Waals surface area contributed by atoms with Crippen molar-refractivity contribution in [2.24, 2.45) is 17.6 Å². The normalized spacial score (nSPS) is 26.3. The average Bonchev–Trinajstić information content (AvgIpc) is 3.11. The molecule has 0 radical (unpaired) electrons. The van der Waals surface area contributed by atoms with Gasteiger partial charge in [-0.25, -0.2) is 4.79 Å². The zero-order valence-electron chi connectivity index (χ0n) is 15.7. The van der Waals surface area contributed by atoms with Crippen molar-refractivity contribution < 1.29 is 9.59 Å². The van der Waals surface area contributed by atoms with Crippen LogP contribution in [-0.4, -0.2) is 24.0 Å². The number of rotatable bonds is 4. The number of thiophene rings is 1. The van der Waals surface area contributed by atoms with Crippen LogP contribution in [0.25, 0.3) is 0 Å². The Morgan fingerprint density at radius 1 is 0.964 bits per heavy atom. The Morgan fingerprint density at radius 2 is 1.68 bits per heavy atom. The summed E-state index contributed by atoms with van der Waals surface area (Å²) >= 11 is 1.29. The van der Waals surface area contributed by atoms with Crippen LogP contribution in [0.15, 0.2) is 42.5 Å². The topological polar surface area (TPSA) is 96.2 Å². The first kappa shape index (κ1) is 19.0. The van der Waals surface area contributed by atoms with Gasteiger partial charge < -0.3 is 16.4 Å². The summed E-state index contributed by atoms with van der Waals surface area (Å²) in [6.07, 6.45) is 5.52. The van der Waals surface area contributed by atoms with Gasteiger partial charge in [0.15, 0.2) is 0 Å². The Morgan fingerprint density at radius 3 is 2.39 bits per heavy atom. The first-order valence-corrected chi connectivity index (χ1v) is 10.7. The Kier molecular flexibility index (Phi) is 5.64. The summed E-state index contributed by atoms with van der Waals surface area (Å²) in [5.74, 6) is 0.917. The number of hydrogen-bond donors (Lipinski definition) is 4. The number of urea groups is 1. The lowest BCUT2D eigenvalue weighted by atomic mass is 9.67. The molecule has 1 aromatic carbocycles. The molecule has 1 aromatic heterocycles. The molecule has 2 atom stereocenters. The van der Waals surface area contributed by atoms with E-state index in [1.54, 1.807) is 12.1 Å². The molecule has 0 aliphatic heterocycles. The van der Waals surface area contributed by atoms with Crippen LogP contribution in [0.1, 0.15) is 41.8 Å². The Balaban J connectivity index is 1.35. The van der Waals surface area contributed by atoms with Crippen molar-refractivity contribution in [1.29, 1.82) is 0 Å². The molecule has 2 unspecified atom stereocenters. The van der Waals surface area contributed by atoms with Gasteiger partial charge >= 0.3 is 6.03 Å². The standard InChI is InChI=1S/C21H26N4O2S/c22-15-11-13-5-4-6-14(12-15)19(13)25-20(26)17-9-10-18(28-17)24-21(27)23-16-7-2-1-3-8-16/h1-3,7-10,13-15,19H,4-6,11-12,22H2,(H,25,26)(H2,23,24,27). The number of para-hydroxylation sites is 1. The van der Waals surface area contributed by atoms with Crippen LogP contribution in [0.3, 0.4) is 0 Å². The van der Waals surface area contributed by atoms with E-state index in [1.807, 2.05) is 30.3 Å². The van der Waals surface area contributed by atoms with E-state index in [4.69, 9.17) is 5.73 Å². The van der Waals surface area contributed by atoms with Gasteiger partial charge in [0, 0.05) is 17.8 Å². The lowest BCUT2D eigenvalue weighted by molar-refractivity contribution is 0.0759. The minimum atomic E-state index is -0.323. The highest BCUT2D eigenvalue weighted by molar-refractivity contribution is 7.18. The number of nitrogens with two attached hydrogens (primary N) is 1. The molecule has 6 nitrogen and oxygen atoms in total. The van der Waals surface area contributed by atoms with Gasteiger partial charge in [0.2, 0.25) is 0 Å². The molecule has 28 heavy (non-hydrogen) atoms. The maximum atomic E-state index is 12.8. The number of benzene rings is 1. The van der Waals surface area contributed by atoms with Crippen LogP contribution in [0.2, 0.25) is 0 Å². The minimum absolute atomic E-state index is 0.0566. The van der Waals surface area contributed by atoms with Gasteiger partial charge in [0.25, 0.3) is 5.91 Å². The molecule has 4 rings (SSSR count). The number of anilines is 2. The van der Waals surface area contributed by atoms with Crippen LogP contribution < -0.4 is 21.7 Å². The predicted octanol–water partition coefficient (Wildman–Crippen LogP) is 4.03. The fourth-order valence-corrected chi connectivity index (χ4v) is 5.37. The van der Waals surface area contributed by atoms with Gasteiger partial charge in [-0.05, 0) is 61.8 Å². The van der Waals surface area contributed by atoms with E-state index in [1.165, 1.54) is 17.8 Å². The molecule has 2 aliphatic carbocycles. The van der Waals surface area contributed by atoms with Crippen molar-refractivity contribution in [3.63, 3.8) is 0 Å². The van der Waals surface area contributed by atoms with Gasteiger partial charge in [-0.15, -0.1) is 11.3 Å². The molecule has 3 amide bonds. The summed E-state index contributed by atoms with van der Waals surface area (Å²) in [7, 11) is 0. The fraction of sp³-hybridized carbons (Fsp3) is 0.429. The summed E-state index contributed by atoms with van der Waals surface area (Å²) in [6, 6.07) is 12.9. The number of hydrogen-bond acceptors (Lipinski definition) is 4. The lowest BCUT2D eigenvalue weighted by Crippen LogP contribution is -2.53. The van der Waals surface area contributed by atoms with Crippen molar-refractivity contribution in [2.45, 2.75) is 44.2 Å². The number of nitrogens with one attached hydrogen (secondary N) is 3. The third kappa shape index (κ3) is 4.36. The molecule has 5 N–H and O–H groups in total. The molecule has 0 spiro atoms. The number of carbonyl (C=O) groups excluding carboxylic acids is 2. The van der Waals surface area contributed by atoms with Crippen LogP contribution in [-0.2, 0) is 0 Å². The number of amides is 3. The van der Waals surface area contributed by atoms with Crippen molar-refractivity contribution in [3.8, 4) is 0 Å². The second-order valence-electron chi connectivity index (χ2n) is 7.79. The molecule has 2 fully saturated rings. The first-order chi connectivity index (χ1) is 13.6. The lowest BCUT2D eigenvalue weighted by Gasteiger charge is -2.45. The maximum Gasteiger partial charge on any atom is 0.324 e. The molecule has 7 heteroatoms. The molecular formula is C21H26N4O2S. The Labute approximate surface area is 168 Å². The van der Waals surface area contributed by atoms with E-state index < -0.39 is 0 Å². The van der Waals surface area contributed by atoms with E-state index in [2.05, 4.69) is 16.0 Å². The SMILES string of the molecule is NC1CC2CCCC(C1)C2NC(=O)c1ccc(NC(=O)Nc2ccccc2)s1. The van der Waals surface area contributed by atoms with Crippen molar-refractivity contribution in [2.75, 3.05) is 10.6 Å². The highest BCUT2D eigenvalue weighted by Crippen LogP contribution is 2.40. The van der Waals surface area contributed by atoms with Gasteiger partial charge in [-0.3, -0.25) is 10.1 Å². The zero-order chi connectivity index (χ0) is 19.5. The summed E-state index contributed by atoms with van der Waals surface area (Å²) in [4.78, 5) is 25.5. The Bertz CT molecular complexity index is 824. The molecule has 2 saturated carbocycles.